The number of hydrogen-bond donors (Lipinski definition) is 0. The number of hydrogen-bond acceptors (Lipinski definition) is 4. The zero-order valence-electron chi connectivity index (χ0n) is 12.5. The molecule has 0 amide bonds. The van der Waals surface area contributed by atoms with E-state index in [9.17, 15) is 9.59 Å². The Bertz CT molecular complexity index is 302. The van der Waals surface area contributed by atoms with E-state index in [1.54, 1.807) is 6.92 Å². The average Bonchev–Trinajstić information content (AvgIpc) is 2.54. The van der Waals surface area contributed by atoms with Crippen LogP contribution in [0.5, 0.6) is 0 Å². The van der Waals surface area contributed by atoms with E-state index in [0.29, 0.717) is 13.2 Å². The summed E-state index contributed by atoms with van der Waals surface area (Å²) in [4.78, 5) is 25.2. The number of Topliss-reactive ketones (excluding diaryl/α,β-unsaturated/α-hetero) is 1. The summed E-state index contributed by atoms with van der Waals surface area (Å²) < 4.78 is 4.80. The van der Waals surface area contributed by atoms with E-state index in [-0.39, 0.29) is 12.2 Å². The van der Waals surface area contributed by atoms with Gasteiger partial charge in [-0.05, 0) is 51.1 Å². The minimum Gasteiger partial charge on any atom is -0.466 e. The van der Waals surface area contributed by atoms with E-state index in [0.717, 1.165) is 37.8 Å². The fraction of sp³-hybridized carbons (Fsp3) is 0.867. The number of ketones is 1. The first-order chi connectivity index (χ1) is 9.02. The van der Waals surface area contributed by atoms with Crippen molar-refractivity contribution >= 4 is 11.8 Å². The maximum atomic E-state index is 11.8. The van der Waals surface area contributed by atoms with Crippen molar-refractivity contribution in [3.8, 4) is 0 Å². The van der Waals surface area contributed by atoms with Crippen LogP contribution in [0.3, 0.4) is 0 Å². The van der Waals surface area contributed by atoms with Gasteiger partial charge >= 0.3 is 5.97 Å². The van der Waals surface area contributed by atoms with Crippen LogP contribution < -0.4 is 0 Å². The second kappa shape index (κ2) is 8.31. The molecular formula is C15H27NO3. The predicted molar refractivity (Wildman–Crippen MR) is 74.9 cm³/mol. The van der Waals surface area contributed by atoms with Crippen LogP contribution in [0.1, 0.15) is 46.5 Å². The third-order valence-electron chi connectivity index (χ3n) is 3.85. The van der Waals surface area contributed by atoms with E-state index < -0.39 is 5.97 Å². The van der Waals surface area contributed by atoms with E-state index in [4.69, 9.17) is 4.74 Å². The van der Waals surface area contributed by atoms with Crippen molar-refractivity contribution in [2.45, 2.75) is 46.5 Å². The number of esters is 1. The van der Waals surface area contributed by atoms with Gasteiger partial charge in [0.05, 0.1) is 13.2 Å². The molecule has 0 radical (unpaired) electrons. The summed E-state index contributed by atoms with van der Waals surface area (Å²) in [7, 11) is 0. The normalized spacial score (nSPS) is 21.2. The van der Waals surface area contributed by atoms with Gasteiger partial charge in [0.2, 0.25) is 0 Å². The van der Waals surface area contributed by atoms with Crippen LogP contribution in [0.2, 0.25) is 0 Å². The van der Waals surface area contributed by atoms with Gasteiger partial charge in [-0.3, -0.25) is 14.5 Å². The molecule has 0 aliphatic carbocycles. The number of nitrogens with zero attached hydrogens (tertiary/aromatic N) is 1. The maximum Gasteiger partial charge on any atom is 0.313 e. The minimum absolute atomic E-state index is 0.0264. The van der Waals surface area contributed by atoms with Crippen molar-refractivity contribution in [1.82, 2.24) is 4.90 Å². The Morgan fingerprint density at radius 2 is 2.00 bits per heavy atom. The van der Waals surface area contributed by atoms with Gasteiger partial charge in [0, 0.05) is 0 Å². The summed E-state index contributed by atoms with van der Waals surface area (Å²) >= 11 is 0. The Morgan fingerprint density at radius 1 is 1.26 bits per heavy atom. The predicted octanol–water partition coefficient (Wildman–Crippen LogP) is 2.27. The highest BCUT2D eigenvalue weighted by atomic mass is 16.5. The molecule has 0 aromatic heterocycles. The SMILES string of the molecule is CCOC(=O)CC(=O)CN1CCCC(C(C)C)CC1. The second-order valence-corrected chi connectivity index (χ2v) is 5.73. The minimum atomic E-state index is -0.401. The fourth-order valence-corrected chi connectivity index (χ4v) is 2.68. The van der Waals surface area contributed by atoms with Crippen LogP contribution in [-0.2, 0) is 14.3 Å². The third kappa shape index (κ3) is 6.19. The van der Waals surface area contributed by atoms with Gasteiger partial charge in [-0.2, -0.15) is 0 Å². The Kier molecular flexibility index (Phi) is 7.06. The van der Waals surface area contributed by atoms with Crippen LogP contribution in [0.15, 0.2) is 0 Å². The highest BCUT2D eigenvalue weighted by Gasteiger charge is 2.21. The fourth-order valence-electron chi connectivity index (χ4n) is 2.68. The van der Waals surface area contributed by atoms with Crippen molar-refractivity contribution in [2.75, 3.05) is 26.2 Å². The average molecular weight is 269 g/mol. The number of carbonyl (C=O) groups excluding carboxylic acids is 2. The first-order valence-electron chi connectivity index (χ1n) is 7.42. The lowest BCUT2D eigenvalue weighted by Crippen LogP contribution is -2.32. The number of ether oxygens (including phenoxy) is 1. The molecule has 1 fully saturated rings. The van der Waals surface area contributed by atoms with Crippen LogP contribution in [0.25, 0.3) is 0 Å². The molecule has 0 bridgehead atoms. The van der Waals surface area contributed by atoms with Gasteiger partial charge in [-0.25, -0.2) is 0 Å². The van der Waals surface area contributed by atoms with Gasteiger partial charge in [0.15, 0.2) is 5.78 Å². The summed E-state index contributed by atoms with van der Waals surface area (Å²) in [5, 5.41) is 0. The van der Waals surface area contributed by atoms with Crippen molar-refractivity contribution in [2.24, 2.45) is 11.8 Å². The molecule has 1 heterocycles. The van der Waals surface area contributed by atoms with Crippen molar-refractivity contribution in [3.63, 3.8) is 0 Å². The highest BCUT2D eigenvalue weighted by Crippen LogP contribution is 2.24. The molecule has 1 rings (SSSR count). The maximum absolute atomic E-state index is 11.8. The summed E-state index contributed by atoms with van der Waals surface area (Å²) in [5.74, 6) is 1.06. The monoisotopic (exact) mass is 269 g/mol. The molecule has 1 saturated heterocycles. The highest BCUT2D eigenvalue weighted by molar-refractivity contribution is 5.96. The van der Waals surface area contributed by atoms with Crippen molar-refractivity contribution in [3.05, 3.63) is 0 Å². The van der Waals surface area contributed by atoms with Gasteiger partial charge in [0.25, 0.3) is 0 Å². The molecular weight excluding hydrogens is 242 g/mol. The van der Waals surface area contributed by atoms with E-state index in [2.05, 4.69) is 18.7 Å². The zero-order chi connectivity index (χ0) is 14.3. The largest absolute Gasteiger partial charge is 0.466 e. The quantitative estimate of drug-likeness (QED) is 0.548. The van der Waals surface area contributed by atoms with Crippen LogP contribution in [-0.4, -0.2) is 42.9 Å². The van der Waals surface area contributed by atoms with Gasteiger partial charge in [0.1, 0.15) is 6.42 Å². The summed E-state index contributed by atoms with van der Waals surface area (Å²) in [5.41, 5.74) is 0. The topological polar surface area (TPSA) is 46.6 Å². The molecule has 19 heavy (non-hydrogen) atoms. The summed E-state index contributed by atoms with van der Waals surface area (Å²) in [6.07, 6.45) is 3.47. The van der Waals surface area contributed by atoms with Gasteiger partial charge < -0.3 is 4.74 Å². The Balaban J connectivity index is 2.32. The van der Waals surface area contributed by atoms with Gasteiger partial charge in [-0.1, -0.05) is 13.8 Å². The number of likely N-dealkylation sites (tertiary alicyclic amines) is 1. The van der Waals surface area contributed by atoms with E-state index in [1.165, 1.54) is 6.42 Å². The van der Waals surface area contributed by atoms with Gasteiger partial charge in [-0.15, -0.1) is 0 Å². The first kappa shape index (κ1) is 16.2. The smallest absolute Gasteiger partial charge is 0.313 e. The molecule has 1 unspecified atom stereocenters. The summed E-state index contributed by atoms with van der Waals surface area (Å²) in [6, 6.07) is 0. The van der Waals surface area contributed by atoms with Crippen LogP contribution in [0, 0.1) is 11.8 Å². The Labute approximate surface area is 116 Å². The molecule has 110 valence electrons. The molecule has 4 heteroatoms. The van der Waals surface area contributed by atoms with Crippen LogP contribution >= 0.6 is 0 Å². The zero-order valence-corrected chi connectivity index (χ0v) is 12.5. The molecule has 1 aliphatic rings. The number of rotatable bonds is 6. The molecule has 1 aliphatic heterocycles. The molecule has 4 nitrogen and oxygen atoms in total. The molecule has 1 atom stereocenters. The lowest BCUT2D eigenvalue weighted by atomic mass is 9.89. The Hall–Kier alpha value is -0.900. The molecule has 0 aromatic carbocycles. The van der Waals surface area contributed by atoms with Crippen LogP contribution in [0.4, 0.5) is 0 Å². The molecule has 0 aromatic rings. The van der Waals surface area contributed by atoms with E-state index >= 15 is 0 Å². The molecule has 0 spiro atoms. The molecule has 0 saturated carbocycles. The number of carbonyl (C=O) groups is 2. The summed E-state index contributed by atoms with van der Waals surface area (Å²) in [6.45, 7) is 8.96. The standard InChI is InChI=1S/C15H27NO3/c1-4-19-15(18)10-14(17)11-16-8-5-6-13(7-9-16)12(2)3/h12-13H,4-11H2,1-3H3. The lowest BCUT2D eigenvalue weighted by molar-refractivity contribution is -0.145. The Morgan fingerprint density at radius 3 is 2.63 bits per heavy atom. The van der Waals surface area contributed by atoms with Crippen molar-refractivity contribution < 1.29 is 14.3 Å². The lowest BCUT2D eigenvalue weighted by Gasteiger charge is -2.20. The second-order valence-electron chi connectivity index (χ2n) is 5.73. The molecule has 0 N–H and O–H groups in total. The van der Waals surface area contributed by atoms with E-state index in [1.807, 2.05) is 0 Å². The first-order valence-corrected chi connectivity index (χ1v) is 7.42. The third-order valence-corrected chi connectivity index (χ3v) is 3.85. The van der Waals surface area contributed by atoms with Crippen molar-refractivity contribution in [1.29, 1.82) is 0 Å².